The first kappa shape index (κ1) is 18.7. The number of hydrogen-bond acceptors (Lipinski definition) is 8. The highest BCUT2D eigenvalue weighted by molar-refractivity contribution is 7.78. The molecular formula is C16H19NO6S. The Morgan fingerprint density at radius 2 is 2.00 bits per heavy atom. The van der Waals surface area contributed by atoms with Crippen LogP contribution in [0.15, 0.2) is 29.3 Å². The number of benzene rings is 1. The van der Waals surface area contributed by atoms with E-state index in [4.69, 9.17) is 14.2 Å². The van der Waals surface area contributed by atoms with Gasteiger partial charge < -0.3 is 24.4 Å². The zero-order valence-corrected chi connectivity index (χ0v) is 14.1. The number of carbonyl (C=O) groups excluding carboxylic acids is 1. The van der Waals surface area contributed by atoms with Crippen molar-refractivity contribution in [3.63, 3.8) is 0 Å². The Kier molecular flexibility index (Phi) is 6.56. The summed E-state index contributed by atoms with van der Waals surface area (Å²) in [5, 5.41) is 22.3. The van der Waals surface area contributed by atoms with Gasteiger partial charge in [-0.15, -0.1) is 0 Å². The summed E-state index contributed by atoms with van der Waals surface area (Å²) in [6, 6.07) is 7.10. The first-order valence-electron chi connectivity index (χ1n) is 7.39. The highest BCUT2D eigenvalue weighted by Crippen LogP contribution is 2.25. The standard InChI is InChI=1S/C16H19NO6S/c1-9-13(19)14(20)15(23-10(2)18)16(22-9)21-7-11-3-5-12(6-4-11)17-8-24/h3-6,9,13-16,19-20H,7H2,1-2H3/t9-,13-,14+,15+,16+/m0/s1. The van der Waals surface area contributed by atoms with Crippen LogP contribution in [0.25, 0.3) is 0 Å². The van der Waals surface area contributed by atoms with E-state index in [0.717, 1.165) is 5.56 Å². The Labute approximate surface area is 144 Å². The monoisotopic (exact) mass is 353 g/mol. The first-order chi connectivity index (χ1) is 11.4. The molecule has 130 valence electrons. The molecule has 0 aliphatic carbocycles. The average Bonchev–Trinajstić information content (AvgIpc) is 2.55. The van der Waals surface area contributed by atoms with Gasteiger partial charge in [-0.05, 0) is 36.8 Å². The van der Waals surface area contributed by atoms with Crippen molar-refractivity contribution in [2.75, 3.05) is 0 Å². The number of isothiocyanates is 1. The second-order valence-electron chi connectivity index (χ2n) is 5.45. The van der Waals surface area contributed by atoms with Gasteiger partial charge in [0.05, 0.1) is 23.6 Å². The zero-order chi connectivity index (χ0) is 17.7. The quantitative estimate of drug-likeness (QED) is 0.468. The fourth-order valence-electron chi connectivity index (χ4n) is 2.35. The van der Waals surface area contributed by atoms with Crippen LogP contribution in [0.4, 0.5) is 5.69 Å². The molecule has 1 aliphatic heterocycles. The molecule has 0 amide bonds. The van der Waals surface area contributed by atoms with E-state index in [1.807, 2.05) is 0 Å². The van der Waals surface area contributed by atoms with Crippen molar-refractivity contribution in [1.82, 2.24) is 0 Å². The van der Waals surface area contributed by atoms with Crippen molar-refractivity contribution in [3.8, 4) is 0 Å². The molecule has 5 atom stereocenters. The van der Waals surface area contributed by atoms with E-state index in [1.54, 1.807) is 31.2 Å². The van der Waals surface area contributed by atoms with Gasteiger partial charge in [-0.2, -0.15) is 4.99 Å². The summed E-state index contributed by atoms with van der Waals surface area (Å²) in [6.07, 6.45) is -5.20. The number of aliphatic hydroxyl groups is 2. The molecule has 1 saturated heterocycles. The second kappa shape index (κ2) is 8.43. The lowest BCUT2D eigenvalue weighted by Crippen LogP contribution is -2.58. The maximum Gasteiger partial charge on any atom is 0.303 e. The minimum absolute atomic E-state index is 0.166. The van der Waals surface area contributed by atoms with Crippen LogP contribution >= 0.6 is 12.2 Å². The van der Waals surface area contributed by atoms with Gasteiger partial charge in [-0.1, -0.05) is 12.1 Å². The third kappa shape index (κ3) is 4.67. The average molecular weight is 353 g/mol. The molecule has 7 nitrogen and oxygen atoms in total. The summed E-state index contributed by atoms with van der Waals surface area (Å²) >= 11 is 4.54. The number of thiocarbonyl (C=S) groups is 1. The Hall–Kier alpha value is -1.67. The van der Waals surface area contributed by atoms with E-state index in [-0.39, 0.29) is 6.61 Å². The summed E-state index contributed by atoms with van der Waals surface area (Å²) < 4.78 is 16.2. The summed E-state index contributed by atoms with van der Waals surface area (Å²) in [4.78, 5) is 15.1. The Balaban J connectivity index is 2.04. The van der Waals surface area contributed by atoms with Crippen LogP contribution in [0.3, 0.4) is 0 Å². The van der Waals surface area contributed by atoms with Crippen molar-refractivity contribution >= 4 is 29.0 Å². The molecule has 1 aliphatic rings. The van der Waals surface area contributed by atoms with Crippen LogP contribution in [-0.2, 0) is 25.6 Å². The van der Waals surface area contributed by atoms with Gasteiger partial charge in [0.25, 0.3) is 0 Å². The van der Waals surface area contributed by atoms with Gasteiger partial charge in [0.15, 0.2) is 12.4 Å². The van der Waals surface area contributed by atoms with E-state index in [2.05, 4.69) is 22.4 Å². The van der Waals surface area contributed by atoms with Crippen molar-refractivity contribution in [1.29, 1.82) is 0 Å². The Morgan fingerprint density at radius 1 is 1.33 bits per heavy atom. The molecule has 1 aromatic rings. The van der Waals surface area contributed by atoms with Crippen LogP contribution in [-0.4, -0.2) is 52.0 Å². The molecule has 1 heterocycles. The Bertz CT molecular complexity index is 615. The van der Waals surface area contributed by atoms with Crippen molar-refractivity contribution < 1.29 is 29.2 Å². The second-order valence-corrected chi connectivity index (χ2v) is 5.63. The smallest absolute Gasteiger partial charge is 0.303 e. The summed E-state index contributed by atoms with van der Waals surface area (Å²) in [5.41, 5.74) is 1.50. The largest absolute Gasteiger partial charge is 0.454 e. The highest BCUT2D eigenvalue weighted by Gasteiger charge is 2.45. The third-order valence-electron chi connectivity index (χ3n) is 3.61. The number of carbonyl (C=O) groups is 1. The molecule has 0 spiro atoms. The minimum atomic E-state index is -1.29. The fraction of sp³-hybridized carbons (Fsp3) is 0.500. The normalized spacial score (nSPS) is 29.6. The van der Waals surface area contributed by atoms with Gasteiger partial charge in [0, 0.05) is 6.92 Å². The maximum absolute atomic E-state index is 11.2. The number of aliphatic imine (C=N–C) groups is 1. The maximum atomic E-state index is 11.2. The molecule has 2 rings (SSSR count). The van der Waals surface area contributed by atoms with Gasteiger partial charge in [-0.25, -0.2) is 0 Å². The molecule has 2 N–H and O–H groups in total. The molecule has 8 heteroatoms. The molecule has 1 aromatic carbocycles. The van der Waals surface area contributed by atoms with E-state index in [1.165, 1.54) is 6.92 Å². The summed E-state index contributed by atoms with van der Waals surface area (Å²) in [6.45, 7) is 2.98. The van der Waals surface area contributed by atoms with Gasteiger partial charge in [-0.3, -0.25) is 4.79 Å². The first-order valence-corrected chi connectivity index (χ1v) is 7.80. The lowest BCUT2D eigenvalue weighted by atomic mass is 10.00. The SMILES string of the molecule is CC(=O)O[C@H]1[C@H](OCc2ccc(N=C=S)cc2)O[C@@H](C)[C@H](O)[C@H]1O. The molecular weight excluding hydrogens is 334 g/mol. The summed E-state index contributed by atoms with van der Waals surface area (Å²) in [7, 11) is 0. The molecule has 24 heavy (non-hydrogen) atoms. The van der Waals surface area contributed by atoms with Crippen molar-refractivity contribution in [2.45, 2.75) is 51.2 Å². The molecule has 0 bridgehead atoms. The topological polar surface area (TPSA) is 97.6 Å². The van der Waals surface area contributed by atoms with E-state index < -0.39 is 36.7 Å². The Morgan fingerprint density at radius 3 is 2.58 bits per heavy atom. The van der Waals surface area contributed by atoms with Gasteiger partial charge in [0.1, 0.15) is 12.2 Å². The fourth-order valence-corrected chi connectivity index (χ4v) is 2.46. The van der Waals surface area contributed by atoms with Crippen LogP contribution < -0.4 is 0 Å². The van der Waals surface area contributed by atoms with E-state index in [0.29, 0.717) is 5.69 Å². The van der Waals surface area contributed by atoms with Crippen LogP contribution in [0.1, 0.15) is 19.4 Å². The third-order valence-corrected chi connectivity index (χ3v) is 3.70. The molecule has 1 fully saturated rings. The molecule has 0 radical (unpaired) electrons. The van der Waals surface area contributed by atoms with Crippen LogP contribution in [0.2, 0.25) is 0 Å². The van der Waals surface area contributed by atoms with E-state index >= 15 is 0 Å². The molecule has 0 unspecified atom stereocenters. The predicted molar refractivity (Wildman–Crippen MR) is 87.8 cm³/mol. The number of nitrogens with zero attached hydrogens (tertiary/aromatic N) is 1. The van der Waals surface area contributed by atoms with Gasteiger partial charge >= 0.3 is 5.97 Å². The lowest BCUT2D eigenvalue weighted by molar-refractivity contribution is -0.299. The minimum Gasteiger partial charge on any atom is -0.454 e. The number of hydrogen-bond donors (Lipinski definition) is 2. The number of esters is 1. The number of aliphatic hydroxyl groups excluding tert-OH is 2. The summed E-state index contributed by atoms with van der Waals surface area (Å²) in [5.74, 6) is -0.597. The molecule has 0 saturated carbocycles. The van der Waals surface area contributed by atoms with Crippen molar-refractivity contribution in [2.24, 2.45) is 4.99 Å². The van der Waals surface area contributed by atoms with Crippen LogP contribution in [0, 0.1) is 0 Å². The lowest BCUT2D eigenvalue weighted by Gasteiger charge is -2.40. The van der Waals surface area contributed by atoms with Gasteiger partial charge in [0.2, 0.25) is 0 Å². The van der Waals surface area contributed by atoms with Crippen LogP contribution in [0.5, 0.6) is 0 Å². The zero-order valence-electron chi connectivity index (χ0n) is 13.3. The predicted octanol–water partition coefficient (Wildman–Crippen LogP) is 1.34. The number of rotatable bonds is 5. The highest BCUT2D eigenvalue weighted by atomic mass is 32.1. The van der Waals surface area contributed by atoms with Crippen molar-refractivity contribution in [3.05, 3.63) is 29.8 Å². The van der Waals surface area contributed by atoms with E-state index in [9.17, 15) is 15.0 Å². The number of ether oxygens (including phenoxy) is 3. The molecule has 0 aromatic heterocycles.